The van der Waals surface area contributed by atoms with Crippen molar-refractivity contribution in [3.63, 3.8) is 0 Å². The third-order valence-corrected chi connectivity index (χ3v) is 7.90. The summed E-state index contributed by atoms with van der Waals surface area (Å²) in [7, 11) is 5.80. The van der Waals surface area contributed by atoms with E-state index in [-0.39, 0.29) is 11.9 Å². The fourth-order valence-electron chi connectivity index (χ4n) is 5.43. The molecule has 12 heteroatoms. The molecule has 1 aromatic heterocycles. The average Bonchev–Trinajstić information content (AvgIpc) is 3.47. The van der Waals surface area contributed by atoms with Gasteiger partial charge in [-0.25, -0.2) is 19.4 Å². The van der Waals surface area contributed by atoms with E-state index in [1.165, 1.54) is 18.5 Å². The first-order chi connectivity index (χ1) is 20.3. The van der Waals surface area contributed by atoms with E-state index in [2.05, 4.69) is 51.1 Å². The Morgan fingerprint density at radius 1 is 1.17 bits per heavy atom. The Hall–Kier alpha value is -3.93. The first kappa shape index (κ1) is 29.6. The summed E-state index contributed by atoms with van der Waals surface area (Å²) in [6.07, 6.45) is 5.25. The monoisotopic (exact) mass is 595 g/mol. The van der Waals surface area contributed by atoms with Crippen LogP contribution in [0.1, 0.15) is 30.9 Å². The minimum atomic E-state index is -0.403. The molecule has 2 fully saturated rings. The Kier molecular flexibility index (Phi) is 9.10. The van der Waals surface area contributed by atoms with Crippen LogP contribution in [0.2, 0.25) is 5.02 Å². The van der Waals surface area contributed by atoms with Gasteiger partial charge in [0.1, 0.15) is 23.7 Å². The van der Waals surface area contributed by atoms with Crippen molar-refractivity contribution in [2.24, 2.45) is 0 Å². The van der Waals surface area contributed by atoms with Crippen LogP contribution in [0.25, 0.3) is 0 Å². The first-order valence-corrected chi connectivity index (χ1v) is 14.2. The van der Waals surface area contributed by atoms with E-state index in [1.54, 1.807) is 30.4 Å². The number of carbonyl (C=O) groups is 1. The molecule has 3 aromatic rings. The van der Waals surface area contributed by atoms with E-state index < -0.39 is 5.82 Å². The molecule has 1 unspecified atom stereocenters. The summed E-state index contributed by atoms with van der Waals surface area (Å²) in [6, 6.07) is 10.2. The number of anilines is 5. The Bertz CT molecular complexity index is 1450. The smallest absolute Gasteiger partial charge is 0.247 e. The Labute approximate surface area is 250 Å². The zero-order valence-electron chi connectivity index (χ0n) is 23.9. The minimum absolute atomic E-state index is 0.313. The van der Waals surface area contributed by atoms with Crippen LogP contribution in [-0.4, -0.2) is 67.7 Å². The molecule has 0 saturated carbocycles. The molecule has 2 aliphatic heterocycles. The zero-order valence-corrected chi connectivity index (χ0v) is 24.7. The third-order valence-electron chi connectivity index (χ3n) is 7.66. The minimum Gasteiger partial charge on any atom is -0.494 e. The number of rotatable bonds is 9. The van der Waals surface area contributed by atoms with Gasteiger partial charge in [0, 0.05) is 48.3 Å². The summed E-state index contributed by atoms with van der Waals surface area (Å²) in [4.78, 5) is 31.5. The summed E-state index contributed by atoms with van der Waals surface area (Å²) in [6.45, 7) is 5.70. The van der Waals surface area contributed by atoms with Crippen LogP contribution in [-0.2, 0) is 9.63 Å². The van der Waals surface area contributed by atoms with E-state index in [0.29, 0.717) is 58.4 Å². The van der Waals surface area contributed by atoms with Gasteiger partial charge in [-0.1, -0.05) is 24.2 Å². The molecule has 10 nitrogen and oxygen atoms in total. The number of hydroxylamine groups is 1. The predicted molar refractivity (Wildman–Crippen MR) is 163 cm³/mol. The summed E-state index contributed by atoms with van der Waals surface area (Å²) >= 11 is 5.96. The van der Waals surface area contributed by atoms with Crippen molar-refractivity contribution in [2.45, 2.75) is 31.3 Å². The molecule has 0 spiro atoms. The topological polar surface area (TPSA) is 95.1 Å². The van der Waals surface area contributed by atoms with E-state index >= 15 is 0 Å². The van der Waals surface area contributed by atoms with Crippen LogP contribution >= 0.6 is 11.6 Å². The van der Waals surface area contributed by atoms with Crippen LogP contribution in [0.4, 0.5) is 33.1 Å². The second-order valence-electron chi connectivity index (χ2n) is 10.5. The van der Waals surface area contributed by atoms with Crippen molar-refractivity contribution >= 4 is 46.2 Å². The number of piperidine rings is 1. The maximum atomic E-state index is 14.7. The molecule has 3 heterocycles. The van der Waals surface area contributed by atoms with Crippen LogP contribution in [0.15, 0.2) is 55.4 Å². The summed E-state index contributed by atoms with van der Waals surface area (Å²) in [5.74, 6) is 0.787. The van der Waals surface area contributed by atoms with Crippen molar-refractivity contribution in [1.29, 1.82) is 0 Å². The lowest BCUT2D eigenvalue weighted by Gasteiger charge is -2.37. The third kappa shape index (κ3) is 6.43. The van der Waals surface area contributed by atoms with E-state index in [9.17, 15) is 9.18 Å². The molecule has 0 aliphatic carbocycles. The number of halogens is 2. The molecule has 222 valence electrons. The number of methoxy groups -OCH3 is 1. The van der Waals surface area contributed by atoms with Crippen LogP contribution in [0.5, 0.6) is 5.75 Å². The van der Waals surface area contributed by atoms with Gasteiger partial charge < -0.3 is 25.2 Å². The van der Waals surface area contributed by atoms with E-state index in [0.717, 1.165) is 31.6 Å². The quantitative estimate of drug-likeness (QED) is 0.308. The van der Waals surface area contributed by atoms with Crippen molar-refractivity contribution in [3.8, 4) is 5.75 Å². The number of amides is 1. The number of hydrogen-bond donors (Lipinski definition) is 2. The number of carbonyl (C=O) groups excluding carboxylic acids is 1. The number of hydrogen-bond acceptors (Lipinski definition) is 9. The highest BCUT2D eigenvalue weighted by Gasteiger charge is 2.31. The highest BCUT2D eigenvalue weighted by atomic mass is 35.5. The van der Waals surface area contributed by atoms with Crippen molar-refractivity contribution in [1.82, 2.24) is 14.9 Å². The second kappa shape index (κ2) is 12.9. The average molecular weight is 596 g/mol. The largest absolute Gasteiger partial charge is 0.494 e. The fourth-order valence-corrected chi connectivity index (χ4v) is 5.59. The van der Waals surface area contributed by atoms with Crippen LogP contribution in [0.3, 0.4) is 0 Å². The SMILES string of the molecule is C=CC(=O)Nc1cc(Nc2cc(N3OCCC3c3ccc(Cl)cc3F)ncn2)c(OC)cc1N1CCC(N(C)C)CC1. The normalized spacial score (nSPS) is 17.4. The lowest BCUT2D eigenvalue weighted by molar-refractivity contribution is -0.111. The molecule has 2 N–H and O–H groups in total. The van der Waals surface area contributed by atoms with Gasteiger partial charge in [-0.3, -0.25) is 9.63 Å². The molecule has 0 bridgehead atoms. The molecule has 2 saturated heterocycles. The number of nitrogens with one attached hydrogen (secondary N) is 2. The van der Waals surface area contributed by atoms with E-state index in [1.807, 2.05) is 12.1 Å². The van der Waals surface area contributed by atoms with Gasteiger partial charge in [0.25, 0.3) is 0 Å². The summed E-state index contributed by atoms with van der Waals surface area (Å²) < 4.78 is 20.5. The molecular formula is C30H35ClFN7O3. The van der Waals surface area contributed by atoms with E-state index in [4.69, 9.17) is 21.2 Å². The lowest BCUT2D eigenvalue weighted by atomic mass is 10.0. The maximum Gasteiger partial charge on any atom is 0.247 e. The van der Waals surface area contributed by atoms with Gasteiger partial charge >= 0.3 is 0 Å². The Morgan fingerprint density at radius 2 is 1.95 bits per heavy atom. The van der Waals surface area contributed by atoms with Gasteiger partial charge in [-0.2, -0.15) is 0 Å². The molecule has 5 rings (SSSR count). The molecule has 1 amide bonds. The maximum absolute atomic E-state index is 14.7. The molecular weight excluding hydrogens is 561 g/mol. The fraction of sp³-hybridized carbons (Fsp3) is 0.367. The number of ether oxygens (including phenoxy) is 1. The predicted octanol–water partition coefficient (Wildman–Crippen LogP) is 5.56. The van der Waals surface area contributed by atoms with Gasteiger partial charge in [-0.15, -0.1) is 0 Å². The number of nitrogens with zero attached hydrogens (tertiary/aromatic N) is 5. The molecule has 2 aliphatic rings. The highest BCUT2D eigenvalue weighted by molar-refractivity contribution is 6.30. The van der Waals surface area contributed by atoms with Gasteiger partial charge in [0.2, 0.25) is 5.91 Å². The molecule has 1 atom stereocenters. The Morgan fingerprint density at radius 3 is 2.64 bits per heavy atom. The van der Waals surface area contributed by atoms with Gasteiger partial charge in [0.05, 0.1) is 36.8 Å². The molecule has 0 radical (unpaired) electrons. The lowest BCUT2D eigenvalue weighted by Crippen LogP contribution is -2.42. The van der Waals surface area contributed by atoms with Crippen molar-refractivity contribution < 1.29 is 18.8 Å². The van der Waals surface area contributed by atoms with Gasteiger partial charge in [-0.05, 0) is 51.2 Å². The number of benzene rings is 2. The first-order valence-electron chi connectivity index (χ1n) is 13.8. The number of aromatic nitrogens is 2. The Balaban J connectivity index is 1.43. The molecule has 42 heavy (non-hydrogen) atoms. The summed E-state index contributed by atoms with van der Waals surface area (Å²) in [5, 5.41) is 8.16. The van der Waals surface area contributed by atoms with Crippen molar-refractivity contribution in [3.05, 3.63) is 71.8 Å². The van der Waals surface area contributed by atoms with Gasteiger partial charge in [0.15, 0.2) is 5.82 Å². The standard InChI is InChI=1S/C30H35ClFN7O3/c1-5-30(40)36-23-15-24(27(41-4)16-26(23)38-11-8-20(9-12-38)37(2)3)35-28-17-29(34-18-33-28)39-25(10-13-42-39)21-7-6-19(31)14-22(21)32/h5-7,14-18,20,25H,1,8-13H2,2-4H3,(H,36,40)(H,33,34,35). The highest BCUT2D eigenvalue weighted by Crippen LogP contribution is 2.41. The second-order valence-corrected chi connectivity index (χ2v) is 10.9. The molecule has 2 aromatic carbocycles. The summed E-state index contributed by atoms with van der Waals surface area (Å²) in [5.41, 5.74) is 2.56. The zero-order chi connectivity index (χ0) is 29.8. The van der Waals surface area contributed by atoms with Crippen LogP contribution < -0.4 is 25.3 Å². The van der Waals surface area contributed by atoms with Crippen molar-refractivity contribution in [2.75, 3.05) is 61.5 Å². The van der Waals surface area contributed by atoms with Crippen LogP contribution in [0, 0.1) is 5.82 Å².